The van der Waals surface area contributed by atoms with Gasteiger partial charge in [-0.15, -0.1) is 29.8 Å². The quantitative estimate of drug-likeness (QED) is 0.136. The third kappa shape index (κ3) is 5.31. The van der Waals surface area contributed by atoms with Gasteiger partial charge in [-0.1, -0.05) is 24.3 Å². The van der Waals surface area contributed by atoms with Crippen LogP contribution in [0.15, 0.2) is 48.5 Å². The Morgan fingerprint density at radius 1 is 0.833 bits per heavy atom. The summed E-state index contributed by atoms with van der Waals surface area (Å²) in [5, 5.41) is 51.5. The van der Waals surface area contributed by atoms with E-state index in [1.165, 1.54) is 0 Å². The molecule has 0 aliphatic rings. The summed E-state index contributed by atoms with van der Waals surface area (Å²) >= 11 is 0. The van der Waals surface area contributed by atoms with Crippen LogP contribution in [-0.2, 0) is 26.5 Å². The summed E-state index contributed by atoms with van der Waals surface area (Å²) in [4.78, 5) is 34.3. The van der Waals surface area contributed by atoms with E-state index in [4.69, 9.17) is 6.57 Å². The predicted octanol–water partition coefficient (Wildman–Crippen LogP) is 5.72. The third-order valence-corrected chi connectivity index (χ3v) is 6.30. The zero-order valence-corrected chi connectivity index (χ0v) is 23.9. The van der Waals surface area contributed by atoms with E-state index in [9.17, 15) is 36.0 Å². The van der Waals surface area contributed by atoms with Crippen LogP contribution in [0.5, 0.6) is 0 Å². The monoisotopic (exact) mass is 733 g/mol. The Hall–Kier alpha value is -5.81. The zero-order valence-electron chi connectivity index (χ0n) is 21.6. The van der Waals surface area contributed by atoms with Gasteiger partial charge in [0.05, 0.1) is 28.7 Å². The van der Waals surface area contributed by atoms with Gasteiger partial charge in [-0.25, -0.2) is 15.8 Å². The first-order valence-corrected chi connectivity index (χ1v) is 11.6. The summed E-state index contributed by atoms with van der Waals surface area (Å²) < 4.78 is 0. The molecule has 12 nitrogen and oxygen atoms in total. The number of rotatable bonds is 6. The second-order valence-corrected chi connectivity index (χ2v) is 8.98. The van der Waals surface area contributed by atoms with Crippen LogP contribution in [0, 0.1) is 72.9 Å². The van der Waals surface area contributed by atoms with Crippen LogP contribution in [0.1, 0.15) is 41.9 Å². The molecule has 0 fully saturated rings. The second-order valence-electron chi connectivity index (χ2n) is 8.98. The molecule has 0 atom stereocenters. The molecule has 0 amide bonds. The molecule has 0 saturated heterocycles. The van der Waals surface area contributed by atoms with Gasteiger partial charge in [0.1, 0.15) is 6.57 Å². The summed E-state index contributed by atoms with van der Waals surface area (Å²) in [5.41, 5.74) is -2.00. The van der Waals surface area contributed by atoms with Crippen LogP contribution in [0.3, 0.4) is 0 Å². The van der Waals surface area contributed by atoms with E-state index in [1.807, 2.05) is 13.8 Å². The van der Waals surface area contributed by atoms with Gasteiger partial charge in [0.25, 0.3) is 5.69 Å². The first-order valence-electron chi connectivity index (χ1n) is 11.6. The van der Waals surface area contributed by atoms with Gasteiger partial charge in [0.2, 0.25) is 5.69 Å². The maximum atomic E-state index is 11.6. The number of nitrogens with zero attached hydrogens (tertiary/aromatic N) is 8. The minimum absolute atomic E-state index is 0. The van der Waals surface area contributed by atoms with Crippen LogP contribution < -0.4 is 0 Å². The predicted molar refractivity (Wildman–Crippen MR) is 143 cm³/mol. The molecule has 2 aromatic carbocycles. The fraction of sp³-hybridized carbons (Fsp3) is 0.103. The molecule has 0 aliphatic carbocycles. The summed E-state index contributed by atoms with van der Waals surface area (Å²) in [6.07, 6.45) is 0. The third-order valence-electron chi connectivity index (χ3n) is 6.30. The second kappa shape index (κ2) is 12.1. The maximum absolute atomic E-state index is 11.6. The van der Waals surface area contributed by atoms with Crippen molar-refractivity contribution < 1.29 is 30.9 Å². The number of nitro groups is 2. The average Bonchev–Trinajstić information content (AvgIpc) is 2.99. The van der Waals surface area contributed by atoms with Gasteiger partial charge >= 0.3 is 26.8 Å². The average molecular weight is 734 g/mol. The van der Waals surface area contributed by atoms with E-state index in [0.717, 1.165) is 12.1 Å². The number of hydrogen-bond donors (Lipinski definition) is 0. The molecule has 4 aromatic rings. The molecule has 0 aliphatic heterocycles. The van der Waals surface area contributed by atoms with Crippen LogP contribution >= 0.6 is 0 Å². The minimum Gasteiger partial charge on any atom is -0.300 e. The fourth-order valence-corrected chi connectivity index (χ4v) is 4.20. The molecule has 2 heterocycles. The number of benzene rings is 2. The summed E-state index contributed by atoms with van der Waals surface area (Å²) in [5.74, 6) is 0. The summed E-state index contributed by atoms with van der Waals surface area (Å²) in [7, 11) is 0. The Morgan fingerprint density at radius 3 is 1.76 bits per heavy atom. The maximum Gasteiger partial charge on any atom is 2.00 e. The molecule has 0 saturated carbocycles. The van der Waals surface area contributed by atoms with Gasteiger partial charge in [-0.2, -0.15) is 4.85 Å². The largest absolute Gasteiger partial charge is 2.00 e. The normalized spacial score (nSPS) is 10.2. The number of nitro benzene ring substituents is 2. The van der Waals surface area contributed by atoms with E-state index in [-0.39, 0.29) is 66.0 Å². The van der Waals surface area contributed by atoms with E-state index in [0.29, 0.717) is 11.4 Å². The molecular formula is C29H14N8O4Pt. The molecule has 0 bridgehead atoms. The molecule has 0 radical (unpaired) electrons. The van der Waals surface area contributed by atoms with Crippen molar-refractivity contribution in [2.75, 3.05) is 0 Å². The van der Waals surface area contributed by atoms with Crippen LogP contribution in [0.25, 0.3) is 27.4 Å². The summed E-state index contributed by atoms with van der Waals surface area (Å²) in [6.45, 7) is 11.1. The van der Waals surface area contributed by atoms with Crippen molar-refractivity contribution in [1.82, 2.24) is 9.97 Å². The van der Waals surface area contributed by atoms with Crippen molar-refractivity contribution in [1.29, 1.82) is 15.8 Å². The Balaban J connectivity index is 0.00000484. The van der Waals surface area contributed by atoms with Crippen molar-refractivity contribution in [3.63, 3.8) is 0 Å². The Kier molecular flexibility index (Phi) is 8.89. The van der Waals surface area contributed by atoms with E-state index in [2.05, 4.69) is 26.9 Å². The van der Waals surface area contributed by atoms with Crippen molar-refractivity contribution in [3.05, 3.63) is 120 Å². The van der Waals surface area contributed by atoms with Gasteiger partial charge < -0.3 is 9.97 Å². The molecule has 4 rings (SSSR count). The van der Waals surface area contributed by atoms with Crippen molar-refractivity contribution >= 4 is 17.1 Å². The van der Waals surface area contributed by atoms with Crippen molar-refractivity contribution in [3.8, 4) is 40.7 Å². The van der Waals surface area contributed by atoms with E-state index >= 15 is 0 Å². The fourth-order valence-electron chi connectivity index (χ4n) is 4.20. The Morgan fingerprint density at radius 2 is 1.31 bits per heavy atom. The minimum atomic E-state index is -0.909. The first kappa shape index (κ1) is 30.7. The number of hydrogen-bond acceptors (Lipinski definition) is 9. The van der Waals surface area contributed by atoms with E-state index in [1.54, 1.807) is 54.6 Å². The molecule has 42 heavy (non-hydrogen) atoms. The van der Waals surface area contributed by atoms with Crippen molar-refractivity contribution in [2.24, 2.45) is 0 Å². The van der Waals surface area contributed by atoms with Crippen molar-refractivity contribution in [2.45, 2.75) is 19.3 Å². The van der Waals surface area contributed by atoms with E-state index < -0.39 is 26.6 Å². The van der Waals surface area contributed by atoms with Gasteiger partial charge in [0, 0.05) is 32.9 Å². The van der Waals surface area contributed by atoms with Crippen LogP contribution in [-0.4, -0.2) is 19.8 Å². The Labute approximate surface area is 253 Å². The molecule has 0 unspecified atom stereocenters. The smallest absolute Gasteiger partial charge is 0.300 e. The zero-order chi connectivity index (χ0) is 29.9. The molecule has 0 spiro atoms. The summed E-state index contributed by atoms with van der Waals surface area (Å²) in [6, 6.07) is 22.8. The van der Waals surface area contributed by atoms with Crippen LogP contribution in [0.4, 0.5) is 17.1 Å². The number of aromatic nitrogens is 2. The van der Waals surface area contributed by atoms with Crippen LogP contribution in [0.2, 0.25) is 0 Å². The molecule has 0 N–H and O–H groups in total. The number of pyridine rings is 2. The SMILES string of the molecule is [C-]#[N+]c1c(-c2cccc(C(C)(C)c3cccc(-c4[c-]cc(C#N)c([N+](=O)[O-])c4C#N)n3)n2)[c-]cc(C#N)c1[N+](=O)[O-].[Pt+2]. The molecule has 204 valence electrons. The first-order chi connectivity index (χ1) is 19.6. The number of nitriles is 3. The molecular weight excluding hydrogens is 719 g/mol. The van der Waals surface area contributed by atoms with Gasteiger partial charge in [-0.3, -0.25) is 20.2 Å². The molecule has 2 aromatic heterocycles. The standard InChI is InChI=1S/C29H14N8O4.Pt/c1-29(2,24-8-4-6-22(34-24)19-12-10-17(14-30)27(36(38)39)21(19)16-32)25-9-5-7-23(35-25)20-13-11-18(15-31)28(37(40)41)26(20)33-3;/h4-11H,1-2H3;/q-2;+2. The molecule has 13 heteroatoms. The Bertz CT molecular complexity index is 1810. The van der Waals surface area contributed by atoms with Gasteiger partial charge in [0.15, 0.2) is 0 Å². The topological polar surface area (TPSA) is 188 Å². The van der Waals surface area contributed by atoms with Gasteiger partial charge in [-0.05, 0) is 42.9 Å².